The van der Waals surface area contributed by atoms with E-state index in [0.717, 1.165) is 5.56 Å². The Morgan fingerprint density at radius 1 is 1.27 bits per heavy atom. The fourth-order valence-electron chi connectivity index (χ4n) is 2.31. The van der Waals surface area contributed by atoms with Gasteiger partial charge in [-0.05, 0) is 47.2 Å². The van der Waals surface area contributed by atoms with Crippen LogP contribution in [-0.4, -0.2) is 36.6 Å². The summed E-state index contributed by atoms with van der Waals surface area (Å²) in [5.41, 5.74) is 0.729. The number of nitro groups is 1. The van der Waals surface area contributed by atoms with E-state index in [1.807, 2.05) is 0 Å². The summed E-state index contributed by atoms with van der Waals surface area (Å²) in [6.07, 6.45) is 1.28. The van der Waals surface area contributed by atoms with Gasteiger partial charge in [-0.25, -0.2) is 0 Å². The first-order valence-electron chi connectivity index (χ1n) is 7.69. The third kappa shape index (κ3) is 4.59. The summed E-state index contributed by atoms with van der Waals surface area (Å²) in [4.78, 5) is 26.0. The lowest BCUT2D eigenvalue weighted by Crippen LogP contribution is -2.31. The molecule has 1 heterocycles. The van der Waals surface area contributed by atoms with Crippen LogP contribution >= 0.6 is 0 Å². The fourth-order valence-corrected chi connectivity index (χ4v) is 2.31. The number of rotatable bonds is 8. The molecule has 2 rings (SSSR count). The maximum Gasteiger partial charge on any atom is 0.406 e. The van der Waals surface area contributed by atoms with Crippen molar-refractivity contribution in [2.24, 2.45) is 0 Å². The van der Waals surface area contributed by atoms with Gasteiger partial charge in [0.2, 0.25) is 5.75 Å². The molecular weight excluding hydrogens is 342 g/mol. The summed E-state index contributed by atoms with van der Waals surface area (Å²) in [7, 11) is 3.08. The quantitative estimate of drug-likeness (QED) is 0.567. The van der Waals surface area contributed by atoms with Crippen LogP contribution in [0.2, 0.25) is 0 Å². The molecule has 1 aromatic heterocycles. The standard InChI is InChI=1S/C17H19N3O6/c1-11(13-9-12(24-2)6-7-14(13)25-3)19-16(21)10-26-15-5-4-8-18-17(15)20(22)23/h4-9,11H,10H2,1-3H3,(H,19,21)/t11-/m1/s1. The summed E-state index contributed by atoms with van der Waals surface area (Å²) in [6, 6.07) is 7.74. The van der Waals surface area contributed by atoms with E-state index in [2.05, 4.69) is 10.3 Å². The van der Waals surface area contributed by atoms with Gasteiger partial charge in [0.15, 0.2) is 6.61 Å². The summed E-state index contributed by atoms with van der Waals surface area (Å²) < 4.78 is 15.7. The van der Waals surface area contributed by atoms with E-state index in [4.69, 9.17) is 14.2 Å². The first-order chi connectivity index (χ1) is 12.5. The monoisotopic (exact) mass is 361 g/mol. The summed E-state index contributed by atoms with van der Waals surface area (Å²) in [6.45, 7) is 1.39. The maximum atomic E-state index is 12.1. The van der Waals surface area contributed by atoms with Crippen molar-refractivity contribution in [1.82, 2.24) is 10.3 Å². The molecule has 0 aliphatic carbocycles. The van der Waals surface area contributed by atoms with Gasteiger partial charge in [-0.3, -0.25) is 4.79 Å². The average Bonchev–Trinajstić information content (AvgIpc) is 2.65. The zero-order valence-corrected chi connectivity index (χ0v) is 14.6. The number of benzene rings is 1. The van der Waals surface area contributed by atoms with Gasteiger partial charge in [-0.2, -0.15) is 0 Å². The number of methoxy groups -OCH3 is 2. The molecule has 0 saturated carbocycles. The van der Waals surface area contributed by atoms with Crippen molar-refractivity contribution in [3.63, 3.8) is 0 Å². The molecule has 0 spiro atoms. The number of nitrogens with zero attached hydrogens (tertiary/aromatic N) is 2. The van der Waals surface area contributed by atoms with E-state index in [9.17, 15) is 14.9 Å². The van der Waals surface area contributed by atoms with Crippen LogP contribution < -0.4 is 19.5 Å². The van der Waals surface area contributed by atoms with Crippen molar-refractivity contribution in [2.75, 3.05) is 20.8 Å². The van der Waals surface area contributed by atoms with E-state index in [1.54, 1.807) is 32.2 Å². The molecule has 1 atom stereocenters. The molecule has 0 unspecified atom stereocenters. The third-order valence-electron chi connectivity index (χ3n) is 3.56. The lowest BCUT2D eigenvalue weighted by molar-refractivity contribution is -0.390. The minimum atomic E-state index is -0.670. The van der Waals surface area contributed by atoms with E-state index < -0.39 is 16.6 Å². The van der Waals surface area contributed by atoms with Gasteiger partial charge in [0.05, 0.1) is 20.3 Å². The summed E-state index contributed by atoms with van der Waals surface area (Å²) in [5, 5.41) is 13.6. The molecule has 9 heteroatoms. The molecule has 1 amide bonds. The Morgan fingerprint density at radius 3 is 2.69 bits per heavy atom. The Morgan fingerprint density at radius 2 is 2.04 bits per heavy atom. The molecule has 138 valence electrons. The molecule has 0 fully saturated rings. The summed E-state index contributed by atoms with van der Waals surface area (Å²) in [5.74, 6) is 0.272. The Bertz CT molecular complexity index is 796. The van der Waals surface area contributed by atoms with Crippen LogP contribution in [0.3, 0.4) is 0 Å². The second kappa shape index (κ2) is 8.65. The van der Waals surface area contributed by atoms with Crippen LogP contribution in [0.25, 0.3) is 0 Å². The maximum absolute atomic E-state index is 12.1. The number of hydrogen-bond donors (Lipinski definition) is 1. The third-order valence-corrected chi connectivity index (χ3v) is 3.56. The average molecular weight is 361 g/mol. The first kappa shape index (κ1) is 19.0. The highest BCUT2D eigenvalue weighted by atomic mass is 16.6. The first-order valence-corrected chi connectivity index (χ1v) is 7.69. The number of carbonyl (C=O) groups excluding carboxylic acids is 1. The number of ether oxygens (including phenoxy) is 3. The molecule has 0 aliphatic heterocycles. The molecule has 0 bridgehead atoms. The number of hydrogen-bond acceptors (Lipinski definition) is 7. The second-order valence-corrected chi connectivity index (χ2v) is 5.27. The van der Waals surface area contributed by atoms with Gasteiger partial charge in [-0.15, -0.1) is 0 Å². The Balaban J connectivity index is 2.03. The predicted molar refractivity (Wildman–Crippen MR) is 92.5 cm³/mol. The largest absolute Gasteiger partial charge is 0.497 e. The van der Waals surface area contributed by atoms with Crippen molar-refractivity contribution in [3.8, 4) is 17.2 Å². The van der Waals surface area contributed by atoms with Crippen molar-refractivity contribution < 1.29 is 23.9 Å². The SMILES string of the molecule is COc1ccc(OC)c([C@@H](C)NC(=O)COc2cccnc2[N+](=O)[O-])c1. The zero-order valence-electron chi connectivity index (χ0n) is 14.6. The van der Waals surface area contributed by atoms with E-state index >= 15 is 0 Å². The van der Waals surface area contributed by atoms with Gasteiger partial charge < -0.3 is 29.6 Å². The Hall–Kier alpha value is -3.36. The van der Waals surface area contributed by atoms with Crippen LogP contribution in [0.1, 0.15) is 18.5 Å². The smallest absolute Gasteiger partial charge is 0.406 e. The molecule has 9 nitrogen and oxygen atoms in total. The lowest BCUT2D eigenvalue weighted by atomic mass is 10.1. The van der Waals surface area contributed by atoms with Crippen molar-refractivity contribution in [2.45, 2.75) is 13.0 Å². The molecule has 2 aromatic rings. The Kier molecular flexibility index (Phi) is 6.31. The minimum absolute atomic E-state index is 0.0701. The van der Waals surface area contributed by atoms with Crippen LogP contribution in [0.5, 0.6) is 17.2 Å². The number of amides is 1. The molecule has 26 heavy (non-hydrogen) atoms. The molecular formula is C17H19N3O6. The molecule has 0 aliphatic rings. The van der Waals surface area contributed by atoms with E-state index in [1.165, 1.54) is 25.4 Å². The number of carbonyl (C=O) groups is 1. The van der Waals surface area contributed by atoms with E-state index in [0.29, 0.717) is 11.5 Å². The minimum Gasteiger partial charge on any atom is -0.497 e. The van der Waals surface area contributed by atoms with Crippen LogP contribution in [0, 0.1) is 10.1 Å². The van der Waals surface area contributed by atoms with Crippen molar-refractivity contribution in [3.05, 3.63) is 52.2 Å². The number of pyridine rings is 1. The van der Waals surface area contributed by atoms with Gasteiger partial charge in [0.25, 0.3) is 5.91 Å². The van der Waals surface area contributed by atoms with Gasteiger partial charge in [-0.1, -0.05) is 0 Å². The normalized spacial score (nSPS) is 11.3. The molecule has 1 N–H and O–H groups in total. The predicted octanol–water partition coefficient (Wildman–Crippen LogP) is 2.26. The van der Waals surface area contributed by atoms with Crippen LogP contribution in [0.4, 0.5) is 5.82 Å². The number of nitrogens with one attached hydrogen (secondary N) is 1. The van der Waals surface area contributed by atoms with Crippen LogP contribution in [-0.2, 0) is 4.79 Å². The van der Waals surface area contributed by atoms with Gasteiger partial charge in [0.1, 0.15) is 17.7 Å². The second-order valence-electron chi connectivity index (χ2n) is 5.27. The highest BCUT2D eigenvalue weighted by molar-refractivity contribution is 5.78. The van der Waals surface area contributed by atoms with Crippen molar-refractivity contribution in [1.29, 1.82) is 0 Å². The highest BCUT2D eigenvalue weighted by Gasteiger charge is 2.19. The van der Waals surface area contributed by atoms with Crippen LogP contribution in [0.15, 0.2) is 36.5 Å². The zero-order chi connectivity index (χ0) is 19.1. The topological polar surface area (TPSA) is 113 Å². The lowest BCUT2D eigenvalue weighted by Gasteiger charge is -2.18. The summed E-state index contributed by atoms with van der Waals surface area (Å²) >= 11 is 0. The molecule has 1 aromatic carbocycles. The number of aromatic nitrogens is 1. The van der Waals surface area contributed by atoms with E-state index in [-0.39, 0.29) is 18.4 Å². The fraction of sp³-hybridized carbons (Fsp3) is 0.294. The van der Waals surface area contributed by atoms with Gasteiger partial charge >= 0.3 is 5.82 Å². The Labute approximate surface area is 150 Å². The molecule has 0 radical (unpaired) electrons. The molecule has 0 saturated heterocycles. The van der Waals surface area contributed by atoms with Crippen molar-refractivity contribution >= 4 is 11.7 Å². The van der Waals surface area contributed by atoms with Gasteiger partial charge in [0, 0.05) is 5.56 Å². The highest BCUT2D eigenvalue weighted by Crippen LogP contribution is 2.29.